The molecule has 0 unspecified atom stereocenters. The Hall–Kier alpha value is -2.17. The molecular weight excluding hydrogens is 230 g/mol. The maximum atomic E-state index is 11.0. The number of rotatable bonds is 4. The zero-order valence-corrected chi connectivity index (χ0v) is 10.4. The highest BCUT2D eigenvalue weighted by molar-refractivity contribution is 5.86. The predicted octanol–water partition coefficient (Wildman–Crippen LogP) is 1.61. The molecule has 0 saturated carbocycles. The predicted molar refractivity (Wildman–Crippen MR) is 66.5 cm³/mol. The second-order valence-corrected chi connectivity index (χ2v) is 4.30. The van der Waals surface area contributed by atoms with E-state index in [-0.39, 0.29) is 5.69 Å². The van der Waals surface area contributed by atoms with Crippen LogP contribution in [0.3, 0.4) is 0 Å². The minimum absolute atomic E-state index is 0.0459. The van der Waals surface area contributed by atoms with Crippen molar-refractivity contribution in [3.05, 3.63) is 46.8 Å². The van der Waals surface area contributed by atoms with Crippen LogP contribution in [0.4, 0.5) is 0 Å². The third-order valence-electron chi connectivity index (χ3n) is 2.92. The van der Waals surface area contributed by atoms with Gasteiger partial charge in [0.25, 0.3) is 0 Å². The van der Waals surface area contributed by atoms with Crippen LogP contribution in [0.5, 0.6) is 0 Å². The molecule has 5 heteroatoms. The molecule has 1 N–H and O–H groups in total. The van der Waals surface area contributed by atoms with Crippen LogP contribution in [0.15, 0.2) is 24.3 Å². The number of aromatic carboxylic acids is 1. The fourth-order valence-electron chi connectivity index (χ4n) is 1.84. The fraction of sp³-hybridized carbons (Fsp3) is 0.308. The van der Waals surface area contributed by atoms with E-state index in [1.807, 2.05) is 6.92 Å². The zero-order chi connectivity index (χ0) is 13.1. The van der Waals surface area contributed by atoms with Gasteiger partial charge >= 0.3 is 5.97 Å². The number of hydrogen-bond donors (Lipinski definition) is 1. The zero-order valence-electron chi connectivity index (χ0n) is 10.4. The van der Waals surface area contributed by atoms with Crippen LogP contribution in [0, 0.1) is 6.92 Å². The van der Waals surface area contributed by atoms with Gasteiger partial charge in [0.2, 0.25) is 0 Å². The number of carboxylic acid groups (broad SMARTS) is 1. The minimum Gasteiger partial charge on any atom is -0.476 e. The van der Waals surface area contributed by atoms with Gasteiger partial charge in [-0.1, -0.05) is 35.0 Å². The van der Waals surface area contributed by atoms with Gasteiger partial charge in [0, 0.05) is 7.05 Å². The highest BCUT2D eigenvalue weighted by atomic mass is 16.4. The van der Waals surface area contributed by atoms with Gasteiger partial charge in [0.05, 0.1) is 5.69 Å². The molecule has 1 heterocycles. The molecule has 2 rings (SSSR count). The number of carboxylic acids is 1. The standard InChI is InChI=1S/C13H15N3O2/c1-9-3-5-10(6-4-9)7-8-11-12(13(17)18)14-15-16(11)2/h3-6H,7-8H2,1-2H3,(H,17,18). The van der Waals surface area contributed by atoms with E-state index in [1.165, 1.54) is 15.8 Å². The van der Waals surface area contributed by atoms with Gasteiger partial charge in [-0.2, -0.15) is 0 Å². The second-order valence-electron chi connectivity index (χ2n) is 4.30. The Morgan fingerprint density at radius 3 is 2.56 bits per heavy atom. The third-order valence-corrected chi connectivity index (χ3v) is 2.92. The Morgan fingerprint density at radius 1 is 1.28 bits per heavy atom. The molecule has 0 aliphatic heterocycles. The van der Waals surface area contributed by atoms with Crippen molar-refractivity contribution in [3.63, 3.8) is 0 Å². The molecule has 0 bridgehead atoms. The summed E-state index contributed by atoms with van der Waals surface area (Å²) in [5.74, 6) is -1.03. The molecule has 0 amide bonds. The van der Waals surface area contributed by atoms with Crippen LogP contribution in [0.1, 0.15) is 27.3 Å². The van der Waals surface area contributed by atoms with E-state index >= 15 is 0 Å². The Kier molecular flexibility index (Phi) is 3.41. The molecule has 1 aromatic heterocycles. The van der Waals surface area contributed by atoms with Crippen LogP contribution >= 0.6 is 0 Å². The molecule has 5 nitrogen and oxygen atoms in total. The van der Waals surface area contributed by atoms with Crippen molar-refractivity contribution in [2.75, 3.05) is 0 Å². The normalized spacial score (nSPS) is 10.6. The molecular formula is C13H15N3O2. The summed E-state index contributed by atoms with van der Waals surface area (Å²) in [7, 11) is 1.71. The maximum Gasteiger partial charge on any atom is 0.358 e. The highest BCUT2D eigenvalue weighted by Gasteiger charge is 2.16. The molecule has 0 spiro atoms. The summed E-state index contributed by atoms with van der Waals surface area (Å²) in [5.41, 5.74) is 3.10. The van der Waals surface area contributed by atoms with Crippen molar-refractivity contribution in [2.24, 2.45) is 7.05 Å². The van der Waals surface area contributed by atoms with Crippen molar-refractivity contribution < 1.29 is 9.90 Å². The van der Waals surface area contributed by atoms with Gasteiger partial charge in [0.15, 0.2) is 5.69 Å². The lowest BCUT2D eigenvalue weighted by Gasteiger charge is -2.03. The van der Waals surface area contributed by atoms with Crippen LogP contribution in [0.2, 0.25) is 0 Å². The topological polar surface area (TPSA) is 68.0 Å². The lowest BCUT2D eigenvalue weighted by Crippen LogP contribution is -2.06. The first-order chi connectivity index (χ1) is 8.58. The third kappa shape index (κ3) is 2.56. The summed E-state index contributed by atoms with van der Waals surface area (Å²) in [4.78, 5) is 11.0. The van der Waals surface area contributed by atoms with Gasteiger partial charge in [-0.25, -0.2) is 4.79 Å². The Bertz CT molecular complexity index is 558. The van der Waals surface area contributed by atoms with Crippen molar-refractivity contribution >= 4 is 5.97 Å². The van der Waals surface area contributed by atoms with E-state index < -0.39 is 5.97 Å². The number of aromatic nitrogens is 3. The monoisotopic (exact) mass is 245 g/mol. The SMILES string of the molecule is Cc1ccc(CCc2c(C(=O)O)nnn2C)cc1. The van der Waals surface area contributed by atoms with E-state index in [1.54, 1.807) is 7.05 Å². The molecule has 2 aromatic rings. The molecule has 0 aliphatic carbocycles. The van der Waals surface area contributed by atoms with Crippen LogP contribution < -0.4 is 0 Å². The molecule has 18 heavy (non-hydrogen) atoms. The van der Waals surface area contributed by atoms with Gasteiger partial charge in [-0.3, -0.25) is 4.68 Å². The van der Waals surface area contributed by atoms with E-state index in [0.717, 1.165) is 6.42 Å². The molecule has 94 valence electrons. The lowest BCUT2D eigenvalue weighted by atomic mass is 10.1. The molecule has 0 fully saturated rings. The second kappa shape index (κ2) is 5.00. The first-order valence-corrected chi connectivity index (χ1v) is 5.75. The first-order valence-electron chi connectivity index (χ1n) is 5.75. The number of benzene rings is 1. The molecule has 0 radical (unpaired) electrons. The van der Waals surface area contributed by atoms with E-state index in [2.05, 4.69) is 34.6 Å². The van der Waals surface area contributed by atoms with Crippen molar-refractivity contribution in [2.45, 2.75) is 19.8 Å². The molecule has 0 saturated heterocycles. The van der Waals surface area contributed by atoms with E-state index in [0.29, 0.717) is 12.1 Å². The Morgan fingerprint density at radius 2 is 1.94 bits per heavy atom. The average Bonchev–Trinajstić information content (AvgIpc) is 2.70. The van der Waals surface area contributed by atoms with E-state index in [9.17, 15) is 4.79 Å². The smallest absolute Gasteiger partial charge is 0.358 e. The Labute approximate surface area is 105 Å². The van der Waals surface area contributed by atoms with Gasteiger partial charge < -0.3 is 5.11 Å². The largest absolute Gasteiger partial charge is 0.476 e. The van der Waals surface area contributed by atoms with Crippen molar-refractivity contribution in [1.29, 1.82) is 0 Å². The van der Waals surface area contributed by atoms with Crippen LogP contribution in [-0.4, -0.2) is 26.1 Å². The average molecular weight is 245 g/mol. The fourth-order valence-corrected chi connectivity index (χ4v) is 1.84. The van der Waals surface area contributed by atoms with Gasteiger partial charge in [-0.15, -0.1) is 5.10 Å². The minimum atomic E-state index is -1.03. The Balaban J connectivity index is 2.12. The van der Waals surface area contributed by atoms with E-state index in [4.69, 9.17) is 5.11 Å². The van der Waals surface area contributed by atoms with Crippen LogP contribution in [0.25, 0.3) is 0 Å². The number of aryl methyl sites for hydroxylation is 3. The van der Waals surface area contributed by atoms with Gasteiger partial charge in [-0.05, 0) is 25.3 Å². The number of carbonyl (C=O) groups is 1. The molecule has 0 aliphatic rings. The summed E-state index contributed by atoms with van der Waals surface area (Å²) >= 11 is 0. The summed E-state index contributed by atoms with van der Waals surface area (Å²) in [5, 5.41) is 16.4. The quantitative estimate of drug-likeness (QED) is 0.888. The molecule has 1 aromatic carbocycles. The highest BCUT2D eigenvalue weighted by Crippen LogP contribution is 2.10. The summed E-state index contributed by atoms with van der Waals surface area (Å²) in [6.45, 7) is 2.04. The lowest BCUT2D eigenvalue weighted by molar-refractivity contribution is 0.0689. The first kappa shape index (κ1) is 12.3. The summed E-state index contributed by atoms with van der Waals surface area (Å²) in [6, 6.07) is 8.21. The van der Waals surface area contributed by atoms with Gasteiger partial charge in [0.1, 0.15) is 0 Å². The number of hydrogen-bond acceptors (Lipinski definition) is 3. The number of nitrogens with zero attached hydrogens (tertiary/aromatic N) is 3. The summed E-state index contributed by atoms with van der Waals surface area (Å²) < 4.78 is 1.53. The molecule has 0 atom stereocenters. The van der Waals surface area contributed by atoms with Crippen molar-refractivity contribution in [3.8, 4) is 0 Å². The maximum absolute atomic E-state index is 11.0. The van der Waals surface area contributed by atoms with Crippen LogP contribution in [-0.2, 0) is 19.9 Å². The van der Waals surface area contributed by atoms with Crippen molar-refractivity contribution in [1.82, 2.24) is 15.0 Å². The summed E-state index contributed by atoms with van der Waals surface area (Å²) in [6.07, 6.45) is 1.40.